The van der Waals surface area contributed by atoms with Crippen molar-refractivity contribution in [2.75, 3.05) is 6.61 Å². The lowest BCUT2D eigenvalue weighted by Gasteiger charge is -2.60. The fourth-order valence-electron chi connectivity index (χ4n) is 6.37. The second-order valence-electron chi connectivity index (χ2n) is 9.32. The van der Waals surface area contributed by atoms with E-state index in [1.807, 2.05) is 47.4 Å². The van der Waals surface area contributed by atoms with Crippen LogP contribution in [0.3, 0.4) is 0 Å². The molecule has 6 nitrogen and oxygen atoms in total. The molecule has 30 heavy (non-hydrogen) atoms. The van der Waals surface area contributed by atoms with Gasteiger partial charge in [-0.15, -0.1) is 0 Å². The molecular formula is C24H29N3O3. The Balaban J connectivity index is 1.33. The summed E-state index contributed by atoms with van der Waals surface area (Å²) in [6.45, 7) is 0.370. The molecule has 1 aromatic heterocycles. The normalized spacial score (nSPS) is 29.7. The summed E-state index contributed by atoms with van der Waals surface area (Å²) in [5.41, 5.74) is 6.70. The number of amidine groups is 1. The lowest BCUT2D eigenvalue weighted by Crippen LogP contribution is -2.61. The van der Waals surface area contributed by atoms with E-state index in [0.29, 0.717) is 6.54 Å². The molecule has 0 atom stereocenters. The zero-order chi connectivity index (χ0) is 20.6. The maximum absolute atomic E-state index is 13.4. The largest absolute Gasteiger partial charge is 0.467 e. The predicted octanol–water partition coefficient (Wildman–Crippen LogP) is 3.91. The van der Waals surface area contributed by atoms with Gasteiger partial charge in [0.25, 0.3) is 5.91 Å². The summed E-state index contributed by atoms with van der Waals surface area (Å²) in [7, 11) is 0. The van der Waals surface area contributed by atoms with Crippen molar-refractivity contribution in [1.82, 2.24) is 4.90 Å². The van der Waals surface area contributed by atoms with E-state index in [1.54, 1.807) is 6.26 Å². The summed E-state index contributed by atoms with van der Waals surface area (Å²) in [4.78, 5) is 20.8. The predicted molar refractivity (Wildman–Crippen MR) is 113 cm³/mol. The number of rotatable bonds is 7. The highest BCUT2D eigenvalue weighted by Crippen LogP contribution is 2.58. The molecule has 1 aromatic carbocycles. The maximum atomic E-state index is 13.4. The number of hydrogen-bond acceptors (Lipinski definition) is 4. The fraction of sp³-hybridized carbons (Fsp3) is 0.500. The number of carbonyl (C=O) groups excluding carboxylic acids is 1. The van der Waals surface area contributed by atoms with E-state index in [0.717, 1.165) is 48.3 Å². The molecule has 1 amide bonds. The first-order chi connectivity index (χ1) is 14.6. The molecule has 4 aliphatic carbocycles. The van der Waals surface area contributed by atoms with Gasteiger partial charge in [0.15, 0.2) is 12.4 Å². The van der Waals surface area contributed by atoms with Crippen LogP contribution in [0.4, 0.5) is 0 Å². The molecule has 158 valence electrons. The van der Waals surface area contributed by atoms with Crippen molar-refractivity contribution in [3.8, 4) is 0 Å². The van der Waals surface area contributed by atoms with Gasteiger partial charge in [0.2, 0.25) is 0 Å². The lowest BCUT2D eigenvalue weighted by molar-refractivity contribution is -0.157. The molecule has 0 spiro atoms. The van der Waals surface area contributed by atoms with Crippen LogP contribution in [-0.2, 0) is 16.2 Å². The van der Waals surface area contributed by atoms with E-state index in [-0.39, 0.29) is 23.9 Å². The molecule has 4 aliphatic rings. The Labute approximate surface area is 177 Å². The van der Waals surface area contributed by atoms with Crippen molar-refractivity contribution in [3.05, 3.63) is 60.1 Å². The number of hydrogen-bond donors (Lipinski definition) is 1. The van der Waals surface area contributed by atoms with Gasteiger partial charge >= 0.3 is 0 Å². The quantitative estimate of drug-likeness (QED) is 0.429. The van der Waals surface area contributed by atoms with E-state index >= 15 is 0 Å². The molecule has 4 bridgehead atoms. The number of furan rings is 1. The highest BCUT2D eigenvalue weighted by molar-refractivity contribution is 5.97. The second kappa shape index (κ2) is 7.82. The minimum Gasteiger partial charge on any atom is -0.467 e. The Bertz CT molecular complexity index is 872. The average molecular weight is 408 g/mol. The van der Waals surface area contributed by atoms with Crippen LogP contribution in [0.1, 0.15) is 49.8 Å². The monoisotopic (exact) mass is 407 g/mol. The highest BCUT2D eigenvalue weighted by atomic mass is 16.6. The van der Waals surface area contributed by atoms with Crippen LogP contribution < -0.4 is 5.73 Å². The first-order valence-corrected chi connectivity index (χ1v) is 10.9. The highest BCUT2D eigenvalue weighted by Gasteiger charge is 2.54. The standard InChI is InChI=1S/C24H29N3O3/c25-23(20-5-2-1-3-6-20)26-30-16-22(28)27(15-21-7-4-8-29-21)24-12-17-9-18(13-24)11-19(10-17)14-24/h1-8,17-19H,9-16H2,(H2,25,26). The topological polar surface area (TPSA) is 81.1 Å². The zero-order valence-corrected chi connectivity index (χ0v) is 17.2. The molecule has 4 saturated carbocycles. The summed E-state index contributed by atoms with van der Waals surface area (Å²) in [5.74, 6) is 3.28. The van der Waals surface area contributed by atoms with E-state index < -0.39 is 0 Å². The molecule has 6 heteroatoms. The number of nitrogens with zero attached hydrogens (tertiary/aromatic N) is 2. The molecule has 1 heterocycles. The maximum Gasteiger partial charge on any atom is 0.264 e. The molecule has 4 fully saturated rings. The summed E-state index contributed by atoms with van der Waals surface area (Å²) in [6, 6.07) is 13.2. The first-order valence-electron chi connectivity index (χ1n) is 10.9. The molecule has 0 radical (unpaired) electrons. The van der Waals surface area contributed by atoms with Crippen molar-refractivity contribution in [2.45, 2.75) is 50.6 Å². The molecule has 0 aliphatic heterocycles. The Morgan fingerprint density at radius 2 is 1.73 bits per heavy atom. The number of benzene rings is 1. The van der Waals surface area contributed by atoms with Crippen LogP contribution in [0.15, 0.2) is 58.3 Å². The van der Waals surface area contributed by atoms with Crippen LogP contribution >= 0.6 is 0 Å². The number of amides is 1. The number of oxime groups is 1. The third-order valence-electron chi connectivity index (χ3n) is 7.19. The van der Waals surface area contributed by atoms with Crippen LogP contribution in [-0.4, -0.2) is 28.8 Å². The van der Waals surface area contributed by atoms with Crippen LogP contribution in [0.5, 0.6) is 0 Å². The fourth-order valence-corrected chi connectivity index (χ4v) is 6.37. The van der Waals surface area contributed by atoms with Crippen LogP contribution in [0, 0.1) is 17.8 Å². The Morgan fingerprint density at radius 1 is 1.07 bits per heavy atom. The summed E-state index contributed by atoms with van der Waals surface area (Å²) >= 11 is 0. The van der Waals surface area contributed by atoms with Crippen molar-refractivity contribution < 1.29 is 14.0 Å². The van der Waals surface area contributed by atoms with Crippen molar-refractivity contribution in [2.24, 2.45) is 28.6 Å². The summed E-state index contributed by atoms with van der Waals surface area (Å²) < 4.78 is 5.60. The summed E-state index contributed by atoms with van der Waals surface area (Å²) in [5, 5.41) is 3.98. The second-order valence-corrected chi connectivity index (χ2v) is 9.32. The number of nitrogens with two attached hydrogens (primary N) is 1. The third-order valence-corrected chi connectivity index (χ3v) is 7.19. The molecule has 2 aromatic rings. The van der Waals surface area contributed by atoms with Crippen molar-refractivity contribution >= 4 is 11.7 Å². The van der Waals surface area contributed by atoms with Crippen LogP contribution in [0.25, 0.3) is 0 Å². The summed E-state index contributed by atoms with van der Waals surface area (Å²) in [6.07, 6.45) is 8.95. The van der Waals surface area contributed by atoms with Crippen molar-refractivity contribution in [3.63, 3.8) is 0 Å². The van der Waals surface area contributed by atoms with Crippen molar-refractivity contribution in [1.29, 1.82) is 0 Å². The third kappa shape index (κ3) is 3.71. The van der Waals surface area contributed by atoms with E-state index in [4.69, 9.17) is 15.0 Å². The van der Waals surface area contributed by atoms with Gasteiger partial charge in [-0.1, -0.05) is 35.5 Å². The average Bonchev–Trinajstić information content (AvgIpc) is 3.25. The molecule has 6 rings (SSSR count). The molecule has 0 saturated heterocycles. The van der Waals surface area contributed by atoms with Gasteiger partial charge in [-0.2, -0.15) is 0 Å². The lowest BCUT2D eigenvalue weighted by atomic mass is 9.52. The Hall–Kier alpha value is -2.76. The number of carbonyl (C=O) groups is 1. The molecular weight excluding hydrogens is 378 g/mol. The van der Waals surface area contributed by atoms with Crippen LogP contribution in [0.2, 0.25) is 0 Å². The molecule has 0 unspecified atom stereocenters. The Kier molecular flexibility index (Phi) is 5.01. The van der Waals surface area contributed by atoms with E-state index in [2.05, 4.69) is 5.16 Å². The zero-order valence-electron chi connectivity index (χ0n) is 17.2. The molecule has 2 N–H and O–H groups in total. The van der Waals surface area contributed by atoms with Gasteiger partial charge in [0.05, 0.1) is 12.8 Å². The van der Waals surface area contributed by atoms with E-state index in [1.165, 1.54) is 19.3 Å². The van der Waals surface area contributed by atoms with Gasteiger partial charge < -0.3 is 19.9 Å². The van der Waals surface area contributed by atoms with Gasteiger partial charge in [-0.25, -0.2) is 0 Å². The minimum absolute atomic E-state index is 0.0436. The van der Waals surface area contributed by atoms with Gasteiger partial charge in [-0.05, 0) is 68.4 Å². The Morgan fingerprint density at radius 3 is 2.33 bits per heavy atom. The van der Waals surface area contributed by atoms with E-state index in [9.17, 15) is 4.79 Å². The van der Waals surface area contributed by atoms with Gasteiger partial charge in [0, 0.05) is 11.1 Å². The van der Waals surface area contributed by atoms with Gasteiger partial charge in [-0.3, -0.25) is 4.79 Å². The smallest absolute Gasteiger partial charge is 0.264 e. The SMILES string of the molecule is N/C(=N/OCC(=O)N(Cc1ccco1)C12CC3CC(CC(C3)C1)C2)c1ccccc1. The first kappa shape index (κ1) is 19.2. The minimum atomic E-state index is -0.115. The van der Waals surface area contributed by atoms with Gasteiger partial charge in [0.1, 0.15) is 5.76 Å².